The van der Waals surface area contributed by atoms with Gasteiger partial charge in [0.1, 0.15) is 11.6 Å². The number of nitrogens with one attached hydrogen (secondary N) is 1. The topological polar surface area (TPSA) is 59.9 Å². The van der Waals surface area contributed by atoms with Crippen molar-refractivity contribution in [2.24, 2.45) is 4.99 Å². The minimum atomic E-state index is 0.0339. The van der Waals surface area contributed by atoms with E-state index in [-0.39, 0.29) is 11.9 Å². The second kappa shape index (κ2) is 13.2. The number of aryl methyl sites for hydroxylation is 1. The number of rotatable bonds is 8. The number of ether oxygens (including phenoxy) is 2. The maximum absolute atomic E-state index is 13.5. The summed E-state index contributed by atoms with van der Waals surface area (Å²) in [5, 5.41) is 5.12. The molecule has 1 heterocycles. The van der Waals surface area contributed by atoms with Crippen LogP contribution in [-0.2, 0) is 19.4 Å². The second-order valence-electron chi connectivity index (χ2n) is 10.0. The quantitative estimate of drug-likeness (QED) is 0.189. The summed E-state index contributed by atoms with van der Waals surface area (Å²) in [6, 6.07) is 9.63. The molecule has 0 atom stereocenters. The van der Waals surface area contributed by atoms with Gasteiger partial charge >= 0.3 is 0 Å². The standard InChI is InChI=1S/C30H31Cl2IN2O3S/c1-37-25-15-19(14-24(33)28(25)38-17-18-11-12-22(31)23(32)13-18)16-34-30-27(21-9-5-6-10-26(21)39-30)29(36)35-20-7-3-2-4-8-20/h11-16,20H,2-10,17H2,1H3,(H,35,36). The SMILES string of the molecule is COc1cc(C=Nc2sc3c(c2C(=O)NC2CCCCC2)CCCC3)cc(I)c1OCc1ccc(Cl)c(Cl)c1. The molecule has 2 aliphatic rings. The molecule has 3 aromatic rings. The molecule has 39 heavy (non-hydrogen) atoms. The summed E-state index contributed by atoms with van der Waals surface area (Å²) in [5.74, 6) is 1.30. The first-order chi connectivity index (χ1) is 18.9. The van der Waals surface area contributed by atoms with Gasteiger partial charge in [0.25, 0.3) is 5.91 Å². The van der Waals surface area contributed by atoms with Crippen molar-refractivity contribution >= 4 is 74.3 Å². The van der Waals surface area contributed by atoms with E-state index in [1.54, 1.807) is 30.6 Å². The Morgan fingerprint density at radius 1 is 1.10 bits per heavy atom. The van der Waals surface area contributed by atoms with Crippen LogP contribution in [-0.4, -0.2) is 25.3 Å². The molecule has 0 spiro atoms. The van der Waals surface area contributed by atoms with Crippen molar-refractivity contribution in [3.8, 4) is 11.5 Å². The zero-order chi connectivity index (χ0) is 27.4. The molecule has 1 N–H and O–H groups in total. The molecule has 9 heteroatoms. The Morgan fingerprint density at radius 2 is 1.90 bits per heavy atom. The van der Waals surface area contributed by atoms with Crippen molar-refractivity contribution in [3.05, 3.63) is 71.1 Å². The number of aliphatic imine (C=N–C) groups is 1. The summed E-state index contributed by atoms with van der Waals surface area (Å²) in [7, 11) is 1.62. The molecular weight excluding hydrogens is 666 g/mol. The summed E-state index contributed by atoms with van der Waals surface area (Å²) in [6.45, 7) is 0.330. The molecule has 5 rings (SSSR count). The summed E-state index contributed by atoms with van der Waals surface area (Å²) in [4.78, 5) is 19.6. The Kier molecular flexibility index (Phi) is 9.74. The molecule has 0 unspecified atom stereocenters. The molecule has 1 aromatic heterocycles. The van der Waals surface area contributed by atoms with Crippen LogP contribution in [0.25, 0.3) is 0 Å². The van der Waals surface area contributed by atoms with E-state index in [4.69, 9.17) is 37.7 Å². The number of hydrogen-bond donors (Lipinski definition) is 1. The molecule has 2 aliphatic carbocycles. The van der Waals surface area contributed by atoms with Crippen molar-refractivity contribution in [1.82, 2.24) is 5.32 Å². The van der Waals surface area contributed by atoms with Gasteiger partial charge in [0.15, 0.2) is 11.5 Å². The summed E-state index contributed by atoms with van der Waals surface area (Å²) >= 11 is 16.1. The lowest BCUT2D eigenvalue weighted by molar-refractivity contribution is 0.0927. The van der Waals surface area contributed by atoms with Crippen LogP contribution in [0.15, 0.2) is 35.3 Å². The highest BCUT2D eigenvalue weighted by Crippen LogP contribution is 2.40. The fourth-order valence-corrected chi connectivity index (χ4v) is 7.59. The lowest BCUT2D eigenvalue weighted by Gasteiger charge is -2.23. The van der Waals surface area contributed by atoms with Crippen molar-refractivity contribution in [1.29, 1.82) is 0 Å². The molecule has 0 bridgehead atoms. The van der Waals surface area contributed by atoms with Crippen LogP contribution in [0.1, 0.15) is 76.9 Å². The third-order valence-electron chi connectivity index (χ3n) is 7.27. The van der Waals surface area contributed by atoms with E-state index in [1.807, 2.05) is 24.4 Å². The number of thiophene rings is 1. The van der Waals surface area contributed by atoms with Gasteiger partial charge in [0, 0.05) is 17.1 Å². The summed E-state index contributed by atoms with van der Waals surface area (Å²) in [6.07, 6.45) is 11.8. The molecule has 1 fully saturated rings. The van der Waals surface area contributed by atoms with E-state index in [0.29, 0.717) is 28.2 Å². The van der Waals surface area contributed by atoms with Crippen LogP contribution < -0.4 is 14.8 Å². The Bertz CT molecular complexity index is 1390. The average Bonchev–Trinajstić information content (AvgIpc) is 3.32. The predicted octanol–water partition coefficient (Wildman–Crippen LogP) is 8.94. The number of fused-ring (bicyclic) bond motifs is 1. The van der Waals surface area contributed by atoms with E-state index >= 15 is 0 Å². The van der Waals surface area contributed by atoms with Gasteiger partial charge in [-0.2, -0.15) is 0 Å². The molecular formula is C30H31Cl2IN2O3S. The first kappa shape index (κ1) is 28.7. The number of hydrogen-bond acceptors (Lipinski definition) is 5. The van der Waals surface area contributed by atoms with Gasteiger partial charge < -0.3 is 14.8 Å². The number of halogens is 3. The molecule has 0 radical (unpaired) electrons. The molecule has 0 saturated heterocycles. The maximum atomic E-state index is 13.5. The second-order valence-corrected chi connectivity index (χ2v) is 13.1. The van der Waals surface area contributed by atoms with Crippen LogP contribution >= 0.6 is 57.1 Å². The van der Waals surface area contributed by atoms with Gasteiger partial charge in [-0.3, -0.25) is 4.79 Å². The largest absolute Gasteiger partial charge is 0.493 e. The van der Waals surface area contributed by atoms with Crippen LogP contribution in [0.4, 0.5) is 5.00 Å². The zero-order valence-electron chi connectivity index (χ0n) is 21.8. The molecule has 0 aliphatic heterocycles. The first-order valence-corrected chi connectivity index (χ1v) is 16.0. The summed E-state index contributed by atoms with van der Waals surface area (Å²) in [5.41, 5.74) is 3.77. The minimum absolute atomic E-state index is 0.0339. The van der Waals surface area contributed by atoms with Gasteiger partial charge in [-0.05, 0) is 102 Å². The molecule has 2 aromatic carbocycles. The molecule has 206 valence electrons. The van der Waals surface area contributed by atoms with E-state index in [2.05, 4.69) is 27.9 Å². The number of methoxy groups -OCH3 is 1. The van der Waals surface area contributed by atoms with Crippen LogP contribution in [0.5, 0.6) is 11.5 Å². The van der Waals surface area contributed by atoms with Crippen molar-refractivity contribution in [3.63, 3.8) is 0 Å². The smallest absolute Gasteiger partial charge is 0.254 e. The Morgan fingerprint density at radius 3 is 2.67 bits per heavy atom. The Balaban J connectivity index is 1.37. The van der Waals surface area contributed by atoms with E-state index in [9.17, 15) is 4.79 Å². The van der Waals surface area contributed by atoms with Crippen molar-refractivity contribution in [2.45, 2.75) is 70.4 Å². The van der Waals surface area contributed by atoms with Crippen LogP contribution in [0.2, 0.25) is 10.0 Å². The number of benzene rings is 2. The van der Waals surface area contributed by atoms with Gasteiger partial charge in [-0.15, -0.1) is 11.3 Å². The van der Waals surface area contributed by atoms with E-state index < -0.39 is 0 Å². The minimum Gasteiger partial charge on any atom is -0.493 e. The molecule has 1 saturated carbocycles. The number of carbonyl (C=O) groups excluding carboxylic acids is 1. The monoisotopic (exact) mass is 696 g/mol. The first-order valence-electron chi connectivity index (χ1n) is 13.4. The van der Waals surface area contributed by atoms with Crippen LogP contribution in [0.3, 0.4) is 0 Å². The van der Waals surface area contributed by atoms with Gasteiger partial charge in [0.05, 0.1) is 26.3 Å². The van der Waals surface area contributed by atoms with Gasteiger partial charge in [0.2, 0.25) is 0 Å². The van der Waals surface area contributed by atoms with E-state index in [1.165, 1.54) is 36.1 Å². The number of nitrogens with zero attached hydrogens (tertiary/aromatic N) is 1. The van der Waals surface area contributed by atoms with Gasteiger partial charge in [-0.25, -0.2) is 4.99 Å². The van der Waals surface area contributed by atoms with Gasteiger partial charge in [-0.1, -0.05) is 48.5 Å². The fourth-order valence-electron chi connectivity index (χ4n) is 5.25. The average molecular weight is 697 g/mol. The highest BCUT2D eigenvalue weighted by Gasteiger charge is 2.27. The van der Waals surface area contributed by atoms with Crippen LogP contribution in [0, 0.1) is 3.57 Å². The number of amides is 1. The maximum Gasteiger partial charge on any atom is 0.254 e. The third kappa shape index (κ3) is 6.92. The lowest BCUT2D eigenvalue weighted by Crippen LogP contribution is -2.36. The summed E-state index contributed by atoms with van der Waals surface area (Å²) < 4.78 is 12.7. The Hall–Kier alpha value is -1.81. The van der Waals surface area contributed by atoms with Crippen molar-refractivity contribution in [2.75, 3.05) is 7.11 Å². The Labute approximate surface area is 257 Å². The molecule has 1 amide bonds. The van der Waals surface area contributed by atoms with Crippen molar-refractivity contribution < 1.29 is 14.3 Å². The van der Waals surface area contributed by atoms with E-state index in [0.717, 1.165) is 57.4 Å². The lowest BCUT2D eigenvalue weighted by atomic mass is 9.93. The third-order valence-corrected chi connectivity index (χ3v) is 10.0. The molecule has 5 nitrogen and oxygen atoms in total. The fraction of sp³-hybridized carbons (Fsp3) is 0.400. The normalized spacial score (nSPS) is 15.8. The number of carbonyl (C=O) groups is 1. The zero-order valence-corrected chi connectivity index (χ0v) is 26.3. The highest BCUT2D eigenvalue weighted by molar-refractivity contribution is 14.1. The predicted molar refractivity (Wildman–Crippen MR) is 169 cm³/mol. The highest BCUT2D eigenvalue weighted by atomic mass is 127.